The van der Waals surface area contributed by atoms with Gasteiger partial charge < -0.3 is 5.11 Å². The van der Waals surface area contributed by atoms with Crippen LogP contribution in [0.3, 0.4) is 0 Å². The average Bonchev–Trinajstić information content (AvgIpc) is 3.04. The fourth-order valence-electron chi connectivity index (χ4n) is 2.45. The van der Waals surface area contributed by atoms with Gasteiger partial charge in [0, 0.05) is 0 Å². The third-order valence-corrected chi connectivity index (χ3v) is 6.38. The highest BCUT2D eigenvalue weighted by molar-refractivity contribution is 7.93. The molecule has 0 spiro atoms. The van der Waals surface area contributed by atoms with Crippen molar-refractivity contribution in [1.82, 2.24) is 0 Å². The topological polar surface area (TPSA) is 71.4 Å². The van der Waals surface area contributed by atoms with Gasteiger partial charge in [-0.15, -0.1) is 0 Å². The summed E-state index contributed by atoms with van der Waals surface area (Å²) in [4.78, 5) is 11.2. The summed E-state index contributed by atoms with van der Waals surface area (Å²) < 4.78 is 23.4. The van der Waals surface area contributed by atoms with Gasteiger partial charge in [-0.2, -0.15) is 0 Å². The van der Waals surface area contributed by atoms with E-state index >= 15 is 0 Å². The van der Waals surface area contributed by atoms with Crippen LogP contribution in [-0.4, -0.2) is 24.2 Å². The van der Waals surface area contributed by atoms with E-state index in [4.69, 9.17) is 5.11 Å². The summed E-state index contributed by atoms with van der Waals surface area (Å²) in [7, 11) is -3.48. The number of hydrogen-bond donors (Lipinski definition) is 1. The number of fused-ring (bicyclic) bond motifs is 1. The quantitative estimate of drug-likeness (QED) is 0.855. The number of benzene rings is 1. The van der Waals surface area contributed by atoms with Crippen LogP contribution in [0, 0.1) is 5.41 Å². The molecular formula is C11H10O4S. The third kappa shape index (κ3) is 0.859. The third-order valence-electron chi connectivity index (χ3n) is 3.77. The molecule has 84 valence electrons. The van der Waals surface area contributed by atoms with Crippen LogP contribution in [0.15, 0.2) is 35.2 Å². The monoisotopic (exact) mass is 238 g/mol. The lowest BCUT2D eigenvalue weighted by atomic mass is 10.2. The van der Waals surface area contributed by atoms with E-state index in [0.717, 1.165) is 0 Å². The maximum atomic E-state index is 12.2. The molecule has 1 aromatic rings. The van der Waals surface area contributed by atoms with Crippen LogP contribution in [0.1, 0.15) is 12.8 Å². The SMILES string of the molecule is O=C(O)C12CC1(S(=O)(=O)c1ccccc1)C2. The van der Waals surface area contributed by atoms with Gasteiger partial charge in [0.15, 0.2) is 9.84 Å². The highest BCUT2D eigenvalue weighted by Gasteiger charge is 2.93. The van der Waals surface area contributed by atoms with Crippen molar-refractivity contribution >= 4 is 15.8 Å². The molecule has 0 aliphatic heterocycles. The lowest BCUT2D eigenvalue weighted by Crippen LogP contribution is -2.14. The summed E-state index contributed by atoms with van der Waals surface area (Å²) in [6.45, 7) is 0. The molecule has 0 unspecified atom stereocenters. The van der Waals surface area contributed by atoms with Gasteiger partial charge in [-0.05, 0) is 25.0 Å². The molecule has 2 aliphatic rings. The second-order valence-corrected chi connectivity index (χ2v) is 6.81. The van der Waals surface area contributed by atoms with E-state index in [1.807, 2.05) is 0 Å². The maximum absolute atomic E-state index is 12.2. The first-order chi connectivity index (χ1) is 7.46. The molecule has 0 amide bonds. The molecule has 0 saturated heterocycles. The van der Waals surface area contributed by atoms with Crippen LogP contribution in [0.25, 0.3) is 0 Å². The molecule has 1 aromatic carbocycles. The van der Waals surface area contributed by atoms with Crippen molar-refractivity contribution in [1.29, 1.82) is 0 Å². The fraction of sp³-hybridized carbons (Fsp3) is 0.364. The summed E-state index contributed by atoms with van der Waals surface area (Å²) in [5, 5.41) is 8.97. The van der Waals surface area contributed by atoms with Crippen LogP contribution in [0.5, 0.6) is 0 Å². The molecule has 0 radical (unpaired) electrons. The van der Waals surface area contributed by atoms with Crippen LogP contribution >= 0.6 is 0 Å². The number of carboxylic acids is 1. The largest absolute Gasteiger partial charge is 0.481 e. The van der Waals surface area contributed by atoms with Crippen molar-refractivity contribution < 1.29 is 18.3 Å². The van der Waals surface area contributed by atoms with Crippen LogP contribution in [0.2, 0.25) is 0 Å². The number of carboxylic acid groups (broad SMARTS) is 1. The highest BCUT2D eigenvalue weighted by atomic mass is 32.2. The Kier molecular flexibility index (Phi) is 1.53. The Morgan fingerprint density at radius 1 is 1.19 bits per heavy atom. The molecule has 16 heavy (non-hydrogen) atoms. The molecule has 1 N–H and O–H groups in total. The van der Waals surface area contributed by atoms with E-state index in [2.05, 4.69) is 0 Å². The van der Waals surface area contributed by atoms with Crippen LogP contribution < -0.4 is 0 Å². The number of rotatable bonds is 3. The molecule has 2 fully saturated rings. The maximum Gasteiger partial charge on any atom is 0.311 e. The first-order valence-electron chi connectivity index (χ1n) is 4.99. The first-order valence-corrected chi connectivity index (χ1v) is 6.48. The van der Waals surface area contributed by atoms with Gasteiger partial charge in [0.2, 0.25) is 0 Å². The zero-order chi connectivity index (χ0) is 11.6. The summed E-state index contributed by atoms with van der Waals surface area (Å²) >= 11 is 0. The molecule has 0 heterocycles. The van der Waals surface area contributed by atoms with Gasteiger partial charge in [0.05, 0.1) is 15.1 Å². The van der Waals surface area contributed by atoms with E-state index in [9.17, 15) is 13.2 Å². The molecule has 2 saturated carbocycles. The van der Waals surface area contributed by atoms with Crippen molar-refractivity contribution in [3.8, 4) is 0 Å². The van der Waals surface area contributed by atoms with Crippen LogP contribution in [0.4, 0.5) is 0 Å². The van der Waals surface area contributed by atoms with Gasteiger partial charge in [-0.25, -0.2) is 8.42 Å². The Morgan fingerprint density at radius 3 is 2.19 bits per heavy atom. The lowest BCUT2D eigenvalue weighted by molar-refractivity contribution is -0.140. The van der Waals surface area contributed by atoms with E-state index in [1.54, 1.807) is 18.2 Å². The van der Waals surface area contributed by atoms with Crippen molar-refractivity contribution in [3.63, 3.8) is 0 Å². The zero-order valence-corrected chi connectivity index (χ0v) is 9.20. The van der Waals surface area contributed by atoms with Crippen molar-refractivity contribution in [3.05, 3.63) is 30.3 Å². The molecule has 0 atom stereocenters. The van der Waals surface area contributed by atoms with Crippen molar-refractivity contribution in [2.75, 3.05) is 0 Å². The fourth-order valence-corrected chi connectivity index (χ4v) is 4.89. The normalized spacial score (nSPS) is 35.2. The Balaban J connectivity index is 2.03. The molecular weight excluding hydrogens is 228 g/mol. The summed E-state index contributed by atoms with van der Waals surface area (Å²) in [6.07, 6.45) is 0.541. The minimum atomic E-state index is -3.48. The average molecular weight is 238 g/mol. The lowest BCUT2D eigenvalue weighted by Gasteiger charge is -2.04. The van der Waals surface area contributed by atoms with Gasteiger partial charge in [0.25, 0.3) is 0 Å². The highest BCUT2D eigenvalue weighted by Crippen LogP contribution is 2.83. The van der Waals surface area contributed by atoms with Gasteiger partial charge in [0.1, 0.15) is 0 Å². The second kappa shape index (κ2) is 2.48. The second-order valence-electron chi connectivity index (χ2n) is 4.55. The van der Waals surface area contributed by atoms with Gasteiger partial charge in [-0.1, -0.05) is 18.2 Å². The van der Waals surface area contributed by atoms with Gasteiger partial charge >= 0.3 is 5.97 Å². The number of aliphatic carboxylic acids is 1. The number of carbonyl (C=O) groups is 1. The summed E-state index contributed by atoms with van der Waals surface area (Å²) in [5.74, 6) is -0.980. The minimum absolute atomic E-state index is 0.232. The van der Waals surface area contributed by atoms with E-state index < -0.39 is 26.0 Å². The molecule has 4 nitrogen and oxygen atoms in total. The number of hydrogen-bond acceptors (Lipinski definition) is 3. The Hall–Kier alpha value is -1.36. The molecule has 5 heteroatoms. The van der Waals surface area contributed by atoms with E-state index in [0.29, 0.717) is 0 Å². The molecule has 3 rings (SSSR count). The van der Waals surface area contributed by atoms with E-state index in [-0.39, 0.29) is 17.7 Å². The predicted molar refractivity (Wildman–Crippen MR) is 55.7 cm³/mol. The minimum Gasteiger partial charge on any atom is -0.481 e. The Morgan fingerprint density at radius 2 is 1.75 bits per heavy atom. The molecule has 2 aliphatic carbocycles. The smallest absolute Gasteiger partial charge is 0.311 e. The summed E-state index contributed by atoms with van der Waals surface area (Å²) in [5.41, 5.74) is -0.971. The molecule has 0 aromatic heterocycles. The molecule has 0 bridgehead atoms. The van der Waals surface area contributed by atoms with E-state index in [1.165, 1.54) is 12.1 Å². The zero-order valence-electron chi connectivity index (χ0n) is 8.38. The first kappa shape index (κ1) is 9.84. The Bertz CT molecular complexity index is 567. The van der Waals surface area contributed by atoms with Crippen molar-refractivity contribution in [2.45, 2.75) is 22.5 Å². The van der Waals surface area contributed by atoms with Gasteiger partial charge in [-0.3, -0.25) is 4.79 Å². The Labute approximate surface area is 92.8 Å². The van der Waals surface area contributed by atoms with Crippen molar-refractivity contribution in [2.24, 2.45) is 5.41 Å². The standard InChI is InChI=1S/C11H10O4S/c12-9(13)10-6-11(10,7-10)16(14,15)8-4-2-1-3-5-8/h1-5H,6-7H2,(H,12,13). The number of sulfone groups is 1. The van der Waals surface area contributed by atoms with Crippen LogP contribution in [-0.2, 0) is 14.6 Å². The summed E-state index contributed by atoms with van der Waals surface area (Å²) in [6, 6.07) is 8.08. The predicted octanol–water partition coefficient (Wildman–Crippen LogP) is 1.08.